The summed E-state index contributed by atoms with van der Waals surface area (Å²) < 4.78 is 0. The highest BCUT2D eigenvalue weighted by Crippen LogP contribution is 2.41. The second-order valence-corrected chi connectivity index (χ2v) is 12.9. The van der Waals surface area contributed by atoms with E-state index in [1.807, 2.05) is 0 Å². The zero-order chi connectivity index (χ0) is 34.3. The number of aliphatic hydroxyl groups is 1. The van der Waals surface area contributed by atoms with Gasteiger partial charge in [-0.15, -0.1) is 0 Å². The maximum absolute atomic E-state index is 13.9. The Morgan fingerprint density at radius 2 is 1.59 bits per heavy atom. The van der Waals surface area contributed by atoms with Crippen LogP contribution in [0, 0.1) is 23.7 Å². The Balaban J connectivity index is 1.81. The molecule has 1 aliphatic carbocycles. The SMILES string of the molecule is CCCC(NC(=O)C1[C@H]2CCC(=O)[C@H]2CN1C(=O)[C@@H](NC(=O)[C@H](O)C(C)C)C(C)C)C(=O)C(=O)N[C@@H](Cc1ccccc1)C(=O)O. The molecule has 1 aliphatic heterocycles. The fourth-order valence-electron chi connectivity index (χ4n) is 6.15. The summed E-state index contributed by atoms with van der Waals surface area (Å²) >= 11 is 0. The monoisotopic (exact) mass is 642 g/mol. The summed E-state index contributed by atoms with van der Waals surface area (Å²) in [6.45, 7) is 8.43. The van der Waals surface area contributed by atoms with E-state index in [1.165, 1.54) is 4.90 Å². The molecule has 0 spiro atoms. The number of likely N-dealkylation sites (tertiary alicyclic amines) is 1. The van der Waals surface area contributed by atoms with Gasteiger partial charge in [0.15, 0.2) is 0 Å². The topological polar surface area (TPSA) is 199 Å². The fourth-order valence-corrected chi connectivity index (χ4v) is 6.15. The molecule has 2 aliphatic rings. The van der Waals surface area contributed by atoms with Crippen molar-refractivity contribution in [3.63, 3.8) is 0 Å². The van der Waals surface area contributed by atoms with Gasteiger partial charge in [-0.25, -0.2) is 4.79 Å². The van der Waals surface area contributed by atoms with Crippen LogP contribution in [0.5, 0.6) is 0 Å². The van der Waals surface area contributed by atoms with Crippen LogP contribution in [-0.2, 0) is 40.0 Å². The number of benzene rings is 1. The highest BCUT2D eigenvalue weighted by atomic mass is 16.4. The van der Waals surface area contributed by atoms with E-state index in [0.29, 0.717) is 18.4 Å². The molecular formula is C33H46N4O9. The van der Waals surface area contributed by atoms with E-state index in [2.05, 4.69) is 16.0 Å². The van der Waals surface area contributed by atoms with Gasteiger partial charge in [-0.1, -0.05) is 71.4 Å². The molecular weight excluding hydrogens is 596 g/mol. The van der Waals surface area contributed by atoms with Crippen LogP contribution in [0.3, 0.4) is 0 Å². The number of rotatable bonds is 15. The predicted octanol–water partition coefficient (Wildman–Crippen LogP) is 0.616. The second kappa shape index (κ2) is 15.9. The van der Waals surface area contributed by atoms with E-state index in [1.54, 1.807) is 65.0 Å². The molecule has 0 radical (unpaired) electrons. The van der Waals surface area contributed by atoms with Gasteiger partial charge in [-0.3, -0.25) is 28.8 Å². The lowest BCUT2D eigenvalue weighted by Gasteiger charge is -2.33. The van der Waals surface area contributed by atoms with Crippen LogP contribution in [0.15, 0.2) is 30.3 Å². The van der Waals surface area contributed by atoms with Crippen molar-refractivity contribution in [2.24, 2.45) is 23.7 Å². The molecule has 2 fully saturated rings. The Morgan fingerprint density at radius 3 is 2.15 bits per heavy atom. The number of nitrogens with one attached hydrogen (secondary N) is 3. The van der Waals surface area contributed by atoms with Crippen LogP contribution in [0.25, 0.3) is 0 Å². The molecule has 1 saturated heterocycles. The Bertz CT molecular complexity index is 1320. The van der Waals surface area contributed by atoms with Gasteiger partial charge in [-0.2, -0.15) is 0 Å². The molecule has 4 amide bonds. The van der Waals surface area contributed by atoms with Crippen LogP contribution in [0.4, 0.5) is 0 Å². The summed E-state index contributed by atoms with van der Waals surface area (Å²) in [6, 6.07) is 3.67. The Labute approximate surface area is 268 Å². The van der Waals surface area contributed by atoms with Gasteiger partial charge in [0, 0.05) is 31.2 Å². The van der Waals surface area contributed by atoms with E-state index < -0.39 is 89.3 Å². The van der Waals surface area contributed by atoms with Crippen LogP contribution in [0.1, 0.15) is 65.9 Å². The average Bonchev–Trinajstić information content (AvgIpc) is 3.57. The molecule has 13 heteroatoms. The standard InChI is InChI=1S/C33H46N4O9/c1-6-10-22(28(40)31(43)35-23(33(45)46)15-19-11-8-7-9-12-19)34-29(41)26-20-13-14-24(38)21(20)16-37(26)32(44)25(17(2)3)36-30(42)27(39)18(4)5/h7-9,11-12,17-18,20-23,25-27,39H,6,10,13-16H2,1-5H3,(H,34,41)(H,35,43)(H,36,42)(H,45,46)/t20-,21-,22?,23-,25-,26?,27+/m0/s1. The van der Waals surface area contributed by atoms with Crippen molar-refractivity contribution in [3.8, 4) is 0 Å². The minimum Gasteiger partial charge on any atom is -0.480 e. The summed E-state index contributed by atoms with van der Waals surface area (Å²) in [4.78, 5) is 92.6. The van der Waals surface area contributed by atoms with Crippen molar-refractivity contribution in [3.05, 3.63) is 35.9 Å². The average molecular weight is 643 g/mol. The normalized spacial score (nSPS) is 21.7. The van der Waals surface area contributed by atoms with Gasteiger partial charge in [-0.05, 0) is 30.2 Å². The highest BCUT2D eigenvalue weighted by Gasteiger charge is 2.54. The summed E-state index contributed by atoms with van der Waals surface area (Å²) in [5, 5.41) is 27.4. The number of aliphatic hydroxyl groups excluding tert-OH is 1. The third-order valence-corrected chi connectivity index (χ3v) is 8.79. The third kappa shape index (κ3) is 8.56. The number of Topliss-reactive ketones (excluding diaryl/α,β-unsaturated/α-hetero) is 2. The highest BCUT2D eigenvalue weighted by molar-refractivity contribution is 6.38. The molecule has 46 heavy (non-hydrogen) atoms. The Kier molecular flexibility index (Phi) is 12.6. The smallest absolute Gasteiger partial charge is 0.326 e. The molecule has 3 rings (SSSR count). The number of carbonyl (C=O) groups is 7. The van der Waals surface area contributed by atoms with Crippen LogP contribution < -0.4 is 16.0 Å². The zero-order valence-electron chi connectivity index (χ0n) is 27.0. The van der Waals surface area contributed by atoms with Gasteiger partial charge < -0.3 is 31.1 Å². The number of hydrogen-bond acceptors (Lipinski definition) is 8. The number of nitrogens with zero attached hydrogens (tertiary/aromatic N) is 1. The van der Waals surface area contributed by atoms with Crippen molar-refractivity contribution in [1.82, 2.24) is 20.9 Å². The first-order chi connectivity index (χ1) is 21.7. The van der Waals surface area contributed by atoms with Crippen LogP contribution >= 0.6 is 0 Å². The number of aliphatic carboxylic acids is 1. The van der Waals surface area contributed by atoms with Crippen molar-refractivity contribution < 1.29 is 43.8 Å². The third-order valence-electron chi connectivity index (χ3n) is 8.79. The van der Waals surface area contributed by atoms with Crippen LogP contribution in [-0.4, -0.2) is 93.1 Å². The van der Waals surface area contributed by atoms with Gasteiger partial charge in [0.05, 0.1) is 6.04 Å². The lowest BCUT2D eigenvalue weighted by molar-refractivity contribution is -0.147. The van der Waals surface area contributed by atoms with Crippen molar-refractivity contribution in [1.29, 1.82) is 0 Å². The predicted molar refractivity (Wildman–Crippen MR) is 166 cm³/mol. The molecule has 13 nitrogen and oxygen atoms in total. The zero-order valence-corrected chi connectivity index (χ0v) is 27.0. The largest absolute Gasteiger partial charge is 0.480 e. The van der Waals surface area contributed by atoms with Gasteiger partial charge in [0.2, 0.25) is 23.5 Å². The van der Waals surface area contributed by atoms with Gasteiger partial charge in [0.25, 0.3) is 5.91 Å². The maximum atomic E-state index is 13.9. The lowest BCUT2D eigenvalue weighted by atomic mass is 9.92. The molecule has 7 atom stereocenters. The minimum absolute atomic E-state index is 0.0428. The Morgan fingerprint density at radius 1 is 0.935 bits per heavy atom. The Hall–Kier alpha value is -4.13. The van der Waals surface area contributed by atoms with E-state index in [4.69, 9.17) is 0 Å². The van der Waals surface area contributed by atoms with E-state index in [0.717, 1.165) is 0 Å². The maximum Gasteiger partial charge on any atom is 0.326 e. The number of carbonyl (C=O) groups excluding carboxylic acids is 6. The quantitative estimate of drug-likeness (QED) is 0.170. The summed E-state index contributed by atoms with van der Waals surface area (Å²) in [7, 11) is 0. The van der Waals surface area contributed by atoms with Crippen molar-refractivity contribution in [2.45, 2.75) is 97.0 Å². The number of carboxylic acid groups (broad SMARTS) is 1. The first-order valence-electron chi connectivity index (χ1n) is 15.9. The summed E-state index contributed by atoms with van der Waals surface area (Å²) in [5.41, 5.74) is 0.641. The minimum atomic E-state index is -1.39. The number of amides is 4. The van der Waals surface area contributed by atoms with E-state index in [-0.39, 0.29) is 31.6 Å². The van der Waals surface area contributed by atoms with Crippen molar-refractivity contribution >= 4 is 41.2 Å². The fraction of sp³-hybridized carbons (Fsp3) is 0.606. The first kappa shape index (κ1) is 36.3. The number of ketones is 2. The van der Waals surface area contributed by atoms with E-state index in [9.17, 15) is 43.8 Å². The van der Waals surface area contributed by atoms with E-state index >= 15 is 0 Å². The molecule has 1 aromatic carbocycles. The lowest BCUT2D eigenvalue weighted by Crippen LogP contribution is -2.59. The molecule has 5 N–H and O–H groups in total. The number of carboxylic acids is 1. The number of hydrogen-bond donors (Lipinski definition) is 5. The van der Waals surface area contributed by atoms with Crippen molar-refractivity contribution in [2.75, 3.05) is 6.54 Å². The summed E-state index contributed by atoms with van der Waals surface area (Å²) in [6.07, 6.45) is -0.355. The molecule has 0 aromatic heterocycles. The summed E-state index contributed by atoms with van der Waals surface area (Å²) in [5.74, 6) is -7.59. The molecule has 1 heterocycles. The first-order valence-corrected chi connectivity index (χ1v) is 15.9. The molecule has 1 saturated carbocycles. The van der Waals surface area contributed by atoms with Gasteiger partial charge >= 0.3 is 5.97 Å². The molecule has 2 unspecified atom stereocenters. The van der Waals surface area contributed by atoms with Gasteiger partial charge in [0.1, 0.15) is 30.0 Å². The molecule has 252 valence electrons. The number of fused-ring (bicyclic) bond motifs is 1. The molecule has 0 bridgehead atoms. The van der Waals surface area contributed by atoms with Crippen LogP contribution in [0.2, 0.25) is 0 Å². The second-order valence-electron chi connectivity index (χ2n) is 12.9. The molecule has 1 aromatic rings.